The number of carbonyl (C=O) groups excluding carboxylic acids is 6. The molecule has 0 aromatic heterocycles. The lowest BCUT2D eigenvalue weighted by Crippen LogP contribution is -2.55. The van der Waals surface area contributed by atoms with E-state index in [4.69, 9.17) is 14.2 Å². The summed E-state index contributed by atoms with van der Waals surface area (Å²) in [4.78, 5) is 90.0. The Morgan fingerprint density at radius 3 is 1.31 bits per heavy atom. The summed E-state index contributed by atoms with van der Waals surface area (Å²) < 4.78 is 15.5. The fourth-order valence-electron chi connectivity index (χ4n) is 9.30. The number of benzene rings is 6. The molecule has 1 heterocycles. The van der Waals surface area contributed by atoms with Crippen molar-refractivity contribution >= 4 is 57.5 Å². The van der Waals surface area contributed by atoms with Crippen LogP contribution in [0.4, 0.5) is 14.4 Å². The first-order valence-corrected chi connectivity index (χ1v) is 25.4. The van der Waals surface area contributed by atoms with E-state index in [1.54, 1.807) is 14.7 Å². The van der Waals surface area contributed by atoms with Gasteiger partial charge in [-0.05, 0) is 49.9 Å². The number of hydrogen-bond acceptors (Lipinski definition) is 11. The van der Waals surface area contributed by atoms with Crippen LogP contribution in [0.25, 0.3) is 21.5 Å². The molecule has 0 radical (unpaired) electrons. The van der Waals surface area contributed by atoms with Crippen LogP contribution in [0.2, 0.25) is 0 Å². The number of ether oxygens (including phenoxy) is 3. The highest BCUT2D eigenvalue weighted by atomic mass is 16.5. The van der Waals surface area contributed by atoms with E-state index in [2.05, 4.69) is 32.2 Å². The van der Waals surface area contributed by atoms with Gasteiger partial charge in [0.05, 0.1) is 21.3 Å². The molecule has 17 nitrogen and oxygen atoms in total. The van der Waals surface area contributed by atoms with Gasteiger partial charge in [-0.2, -0.15) is 0 Å². The van der Waals surface area contributed by atoms with Gasteiger partial charge < -0.3 is 50.2 Å². The number of urea groups is 3. The zero-order valence-electron chi connectivity index (χ0n) is 43.0. The Morgan fingerprint density at radius 1 is 0.507 bits per heavy atom. The first-order chi connectivity index (χ1) is 36.5. The molecule has 75 heavy (non-hydrogen) atoms. The summed E-state index contributed by atoms with van der Waals surface area (Å²) in [5, 5.41) is 16.2. The molecule has 0 saturated carbocycles. The van der Waals surface area contributed by atoms with Crippen LogP contribution in [0.1, 0.15) is 22.3 Å². The molecular weight excluding hydrogens is 953 g/mol. The van der Waals surface area contributed by atoms with E-state index in [1.807, 2.05) is 140 Å². The fraction of sp³-hybridized carbons (Fsp3) is 0.345. The molecule has 1 aliphatic heterocycles. The van der Waals surface area contributed by atoms with Gasteiger partial charge in [-0.1, -0.05) is 140 Å². The lowest BCUT2D eigenvalue weighted by atomic mass is 9.96. The van der Waals surface area contributed by atoms with E-state index < -0.39 is 54.1 Å². The third-order valence-electron chi connectivity index (χ3n) is 13.5. The minimum absolute atomic E-state index is 0.158. The van der Waals surface area contributed by atoms with Gasteiger partial charge in [0.25, 0.3) is 0 Å². The first kappa shape index (κ1) is 54.7. The van der Waals surface area contributed by atoms with Crippen LogP contribution in [0.3, 0.4) is 0 Å². The molecule has 0 aliphatic carbocycles. The second kappa shape index (κ2) is 27.9. The summed E-state index contributed by atoms with van der Waals surface area (Å²) in [5.74, 6) is -1.74. The van der Waals surface area contributed by atoms with Crippen molar-refractivity contribution in [3.63, 3.8) is 0 Å². The molecule has 6 amide bonds. The minimum atomic E-state index is -1.00. The summed E-state index contributed by atoms with van der Waals surface area (Å²) in [5.41, 5.74) is 3.47. The highest BCUT2D eigenvalue weighted by Gasteiger charge is 2.30. The van der Waals surface area contributed by atoms with E-state index in [0.29, 0.717) is 26.2 Å². The maximum atomic E-state index is 14.9. The summed E-state index contributed by atoms with van der Waals surface area (Å²) >= 11 is 0. The van der Waals surface area contributed by atoms with Crippen molar-refractivity contribution in [3.8, 4) is 0 Å². The Hall–Kier alpha value is -8.02. The zero-order chi connectivity index (χ0) is 52.9. The molecule has 4 N–H and O–H groups in total. The van der Waals surface area contributed by atoms with Gasteiger partial charge in [0.1, 0.15) is 18.1 Å². The van der Waals surface area contributed by atoms with Crippen molar-refractivity contribution in [3.05, 3.63) is 168 Å². The highest BCUT2D eigenvalue weighted by molar-refractivity contribution is 6.02. The van der Waals surface area contributed by atoms with Crippen molar-refractivity contribution in [1.82, 2.24) is 40.9 Å². The lowest BCUT2D eigenvalue weighted by Gasteiger charge is -2.34. The number of methoxy groups -OCH3 is 3. The number of nitrogens with one attached hydrogen (secondary N) is 4. The number of hydrogen-bond donors (Lipinski definition) is 4. The van der Waals surface area contributed by atoms with E-state index in [1.165, 1.54) is 21.3 Å². The molecule has 1 aliphatic rings. The monoisotopic (exact) mass is 1020 g/mol. The number of nitrogens with zero attached hydrogens (tertiary/aromatic N) is 4. The molecule has 1 saturated heterocycles. The summed E-state index contributed by atoms with van der Waals surface area (Å²) in [6.07, 6.45) is 0.651. The summed E-state index contributed by atoms with van der Waals surface area (Å²) in [7, 11) is 3.88. The number of carbonyl (C=O) groups is 6. The number of rotatable bonds is 17. The van der Waals surface area contributed by atoms with Crippen molar-refractivity contribution in [2.45, 2.75) is 43.9 Å². The summed E-state index contributed by atoms with van der Waals surface area (Å²) in [6, 6.07) is 42.1. The number of amides is 6. The average molecular weight is 1020 g/mol. The smallest absolute Gasteiger partial charge is 0.328 e. The maximum absolute atomic E-state index is 14.9. The number of esters is 3. The second-order valence-corrected chi connectivity index (χ2v) is 18.4. The van der Waals surface area contributed by atoms with Gasteiger partial charge in [-0.15, -0.1) is 0 Å². The third-order valence-corrected chi connectivity index (χ3v) is 13.5. The second-order valence-electron chi connectivity index (χ2n) is 18.4. The molecule has 0 bridgehead atoms. The van der Waals surface area contributed by atoms with Gasteiger partial charge >= 0.3 is 36.0 Å². The van der Waals surface area contributed by atoms with Gasteiger partial charge in [-0.3, -0.25) is 4.90 Å². The Morgan fingerprint density at radius 2 is 0.893 bits per heavy atom. The van der Waals surface area contributed by atoms with E-state index in [9.17, 15) is 28.8 Å². The standard InChI is InChI=1S/C58H68N8O9/c1-73-53(67)50(37-42-17-7-4-8-18-42)60-56(70)64-29-27-59-28-30-65(57(71)61-51(54(68)74-2)38-43-19-9-5-10-20-43)35-32-63(31-34-64)33-36-66(58(72)62-52(55(69)75-3)39-44-21-11-6-12-22-44)41-49-47-25-15-13-23-45(47)40-46-24-14-16-26-48(46)49/h4-26,40,50-52,59H,27-39,41H2,1-3H3,(H,60,70)(H,61,71)(H,62,72)/t50-,51-,52-/m0/s1. The lowest BCUT2D eigenvalue weighted by molar-refractivity contribution is -0.143. The van der Waals surface area contributed by atoms with Crippen molar-refractivity contribution in [1.29, 1.82) is 0 Å². The Bertz CT molecular complexity index is 2700. The Balaban J connectivity index is 1.18. The third kappa shape index (κ3) is 15.7. The minimum Gasteiger partial charge on any atom is -0.467 e. The van der Waals surface area contributed by atoms with Crippen LogP contribution >= 0.6 is 0 Å². The normalized spacial score (nSPS) is 14.8. The fourth-order valence-corrected chi connectivity index (χ4v) is 9.30. The van der Waals surface area contributed by atoms with Gasteiger partial charge in [0.2, 0.25) is 0 Å². The molecule has 1 fully saturated rings. The predicted octanol–water partition coefficient (Wildman–Crippen LogP) is 5.79. The van der Waals surface area contributed by atoms with Crippen molar-refractivity contribution < 1.29 is 43.0 Å². The molecule has 6 aromatic rings. The summed E-state index contributed by atoms with van der Waals surface area (Å²) in [6.45, 7) is 2.86. The van der Waals surface area contributed by atoms with Crippen molar-refractivity contribution in [2.24, 2.45) is 0 Å². The number of fused-ring (bicyclic) bond motifs is 2. The molecule has 394 valence electrons. The SMILES string of the molecule is COC(=O)[C@H](Cc1ccccc1)NC(=O)N1CCNCCN(C(=O)N[C@@H](Cc2ccccc2)C(=O)OC)CCN(CCN(Cc2c3ccccc3cc3ccccc23)C(=O)N[C@@H](Cc2ccccc2)C(=O)OC)CC1. The van der Waals surface area contributed by atoms with Crippen LogP contribution in [0.15, 0.2) is 146 Å². The van der Waals surface area contributed by atoms with Crippen LogP contribution in [-0.4, -0.2) is 161 Å². The molecule has 6 aromatic carbocycles. The van der Waals surface area contributed by atoms with Crippen LogP contribution in [0, 0.1) is 0 Å². The highest BCUT2D eigenvalue weighted by Crippen LogP contribution is 2.30. The first-order valence-electron chi connectivity index (χ1n) is 25.4. The van der Waals surface area contributed by atoms with Crippen LogP contribution in [-0.2, 0) is 54.4 Å². The quantitative estimate of drug-likeness (QED) is 0.0492. The average Bonchev–Trinajstić information content (AvgIpc) is 3.44. The molecule has 0 spiro atoms. The van der Waals surface area contributed by atoms with E-state index >= 15 is 0 Å². The predicted molar refractivity (Wildman–Crippen MR) is 288 cm³/mol. The molecule has 3 atom stereocenters. The van der Waals surface area contributed by atoms with Gasteiger partial charge in [0.15, 0.2) is 0 Å². The van der Waals surface area contributed by atoms with Gasteiger partial charge in [0, 0.05) is 91.3 Å². The molecule has 0 unspecified atom stereocenters. The maximum Gasteiger partial charge on any atom is 0.328 e. The molecule has 17 heteroatoms. The largest absolute Gasteiger partial charge is 0.467 e. The Kier molecular flexibility index (Phi) is 20.3. The van der Waals surface area contributed by atoms with Crippen LogP contribution < -0.4 is 21.3 Å². The molecule has 7 rings (SSSR count). The Labute approximate surface area is 438 Å². The van der Waals surface area contributed by atoms with E-state index in [0.717, 1.165) is 43.8 Å². The van der Waals surface area contributed by atoms with Crippen molar-refractivity contribution in [2.75, 3.05) is 86.8 Å². The van der Waals surface area contributed by atoms with Gasteiger partial charge in [-0.25, -0.2) is 28.8 Å². The zero-order valence-corrected chi connectivity index (χ0v) is 43.0. The molecular formula is C58H68N8O9. The van der Waals surface area contributed by atoms with E-state index in [-0.39, 0.29) is 65.1 Å². The topological polar surface area (TPSA) is 191 Å². The van der Waals surface area contributed by atoms with Crippen LogP contribution in [0.5, 0.6) is 0 Å².